The standard InChI is InChI=1S/C19H20ClN3O3S/c20-15-5-4-13-12-22-23(16(13)11-15)7-2-6-21-18(24)9-14(10-19(25)26)17-3-1-8-27-17/h1,3-5,8,11-12,14H,2,6-7,9-10H2,(H,21,24)(H,25,26). The van der Waals surface area contributed by atoms with E-state index in [0.717, 1.165) is 22.2 Å². The molecule has 2 heterocycles. The van der Waals surface area contributed by atoms with Crippen molar-refractivity contribution in [1.82, 2.24) is 15.1 Å². The number of fused-ring (bicyclic) bond motifs is 1. The van der Waals surface area contributed by atoms with Crippen molar-refractivity contribution in [3.8, 4) is 0 Å². The highest BCUT2D eigenvalue weighted by Gasteiger charge is 2.20. The van der Waals surface area contributed by atoms with Crippen LogP contribution in [0.3, 0.4) is 0 Å². The summed E-state index contributed by atoms with van der Waals surface area (Å²) in [7, 11) is 0. The Morgan fingerprint density at radius 1 is 1.30 bits per heavy atom. The van der Waals surface area contributed by atoms with Crippen LogP contribution in [-0.4, -0.2) is 33.3 Å². The van der Waals surface area contributed by atoms with Crippen LogP contribution in [0.5, 0.6) is 0 Å². The van der Waals surface area contributed by atoms with E-state index < -0.39 is 5.97 Å². The summed E-state index contributed by atoms with van der Waals surface area (Å²) in [6.07, 6.45) is 2.64. The molecule has 1 atom stereocenters. The zero-order chi connectivity index (χ0) is 19.2. The van der Waals surface area contributed by atoms with Crippen molar-refractivity contribution in [2.24, 2.45) is 0 Å². The molecular formula is C19H20ClN3O3S. The second-order valence-electron chi connectivity index (χ2n) is 6.29. The van der Waals surface area contributed by atoms with E-state index in [1.54, 1.807) is 6.20 Å². The summed E-state index contributed by atoms with van der Waals surface area (Å²) in [5, 5.41) is 19.9. The first-order valence-electron chi connectivity index (χ1n) is 8.66. The van der Waals surface area contributed by atoms with Gasteiger partial charge in [0.05, 0.1) is 18.1 Å². The number of carboxylic acids is 1. The van der Waals surface area contributed by atoms with Crippen molar-refractivity contribution in [2.45, 2.75) is 31.7 Å². The molecule has 0 spiro atoms. The van der Waals surface area contributed by atoms with E-state index in [-0.39, 0.29) is 24.7 Å². The van der Waals surface area contributed by atoms with Gasteiger partial charge in [-0.1, -0.05) is 17.7 Å². The summed E-state index contributed by atoms with van der Waals surface area (Å²) in [5.74, 6) is -1.33. The van der Waals surface area contributed by atoms with E-state index in [4.69, 9.17) is 16.7 Å². The minimum absolute atomic E-state index is 0.0476. The second kappa shape index (κ2) is 9.01. The molecule has 0 bridgehead atoms. The molecule has 1 aromatic carbocycles. The first-order valence-corrected chi connectivity index (χ1v) is 9.91. The number of aliphatic carboxylic acids is 1. The Kier molecular flexibility index (Phi) is 6.47. The SMILES string of the molecule is O=C(O)CC(CC(=O)NCCCn1ncc2ccc(Cl)cc21)c1cccs1. The molecule has 2 N–H and O–H groups in total. The smallest absolute Gasteiger partial charge is 0.304 e. The number of hydrogen-bond donors (Lipinski definition) is 2. The van der Waals surface area contributed by atoms with E-state index in [1.807, 2.05) is 40.4 Å². The lowest BCUT2D eigenvalue weighted by molar-refractivity contribution is -0.137. The molecular weight excluding hydrogens is 386 g/mol. The predicted molar refractivity (Wildman–Crippen MR) is 106 cm³/mol. The number of nitrogens with zero attached hydrogens (tertiary/aromatic N) is 2. The van der Waals surface area contributed by atoms with Gasteiger partial charge in [-0.05, 0) is 36.1 Å². The van der Waals surface area contributed by atoms with E-state index in [2.05, 4.69) is 10.4 Å². The highest BCUT2D eigenvalue weighted by atomic mass is 35.5. The van der Waals surface area contributed by atoms with Crippen LogP contribution >= 0.6 is 22.9 Å². The lowest BCUT2D eigenvalue weighted by Gasteiger charge is -2.13. The number of aromatic nitrogens is 2. The Morgan fingerprint density at radius 2 is 2.15 bits per heavy atom. The fourth-order valence-corrected chi connectivity index (χ4v) is 3.98. The number of carboxylic acid groups (broad SMARTS) is 1. The Hall–Kier alpha value is -2.38. The zero-order valence-electron chi connectivity index (χ0n) is 14.6. The summed E-state index contributed by atoms with van der Waals surface area (Å²) >= 11 is 7.52. The number of thiophene rings is 1. The molecule has 0 aliphatic rings. The third kappa shape index (κ3) is 5.30. The van der Waals surface area contributed by atoms with Crippen LogP contribution in [0.4, 0.5) is 0 Å². The van der Waals surface area contributed by atoms with Crippen LogP contribution in [0, 0.1) is 0 Å². The summed E-state index contributed by atoms with van der Waals surface area (Å²) in [6.45, 7) is 1.17. The topological polar surface area (TPSA) is 84.2 Å². The number of carbonyl (C=O) groups is 2. The summed E-state index contributed by atoms with van der Waals surface area (Å²) in [4.78, 5) is 24.2. The van der Waals surface area contributed by atoms with E-state index in [0.29, 0.717) is 18.1 Å². The van der Waals surface area contributed by atoms with Crippen molar-refractivity contribution < 1.29 is 14.7 Å². The van der Waals surface area contributed by atoms with Crippen LogP contribution in [0.1, 0.15) is 30.1 Å². The third-order valence-corrected chi connectivity index (χ3v) is 5.54. The fourth-order valence-electron chi connectivity index (χ4n) is 2.98. The van der Waals surface area contributed by atoms with Crippen molar-refractivity contribution in [2.75, 3.05) is 6.54 Å². The van der Waals surface area contributed by atoms with Gasteiger partial charge in [-0.3, -0.25) is 14.3 Å². The Labute approximate surface area is 165 Å². The Balaban J connectivity index is 1.48. The van der Waals surface area contributed by atoms with Crippen LogP contribution in [0.2, 0.25) is 5.02 Å². The molecule has 0 aliphatic heterocycles. The first kappa shape index (κ1) is 19.4. The number of amides is 1. The molecule has 3 rings (SSSR count). The molecule has 3 aromatic rings. The van der Waals surface area contributed by atoms with E-state index in [1.165, 1.54) is 11.3 Å². The molecule has 0 saturated heterocycles. The van der Waals surface area contributed by atoms with Crippen molar-refractivity contribution in [3.63, 3.8) is 0 Å². The largest absolute Gasteiger partial charge is 0.481 e. The maximum Gasteiger partial charge on any atom is 0.304 e. The quantitative estimate of drug-likeness (QED) is 0.528. The highest BCUT2D eigenvalue weighted by molar-refractivity contribution is 7.10. The van der Waals surface area contributed by atoms with Crippen LogP contribution in [-0.2, 0) is 16.1 Å². The molecule has 142 valence electrons. The first-order chi connectivity index (χ1) is 13.0. The Morgan fingerprint density at radius 3 is 2.89 bits per heavy atom. The molecule has 27 heavy (non-hydrogen) atoms. The average molecular weight is 406 g/mol. The molecule has 1 unspecified atom stereocenters. The van der Waals surface area contributed by atoms with Gasteiger partial charge in [0.1, 0.15) is 0 Å². The van der Waals surface area contributed by atoms with Crippen LogP contribution in [0.15, 0.2) is 41.9 Å². The highest BCUT2D eigenvalue weighted by Crippen LogP contribution is 2.27. The van der Waals surface area contributed by atoms with Crippen LogP contribution < -0.4 is 5.32 Å². The van der Waals surface area contributed by atoms with E-state index >= 15 is 0 Å². The van der Waals surface area contributed by atoms with E-state index in [9.17, 15) is 9.59 Å². The molecule has 0 radical (unpaired) electrons. The van der Waals surface area contributed by atoms with Crippen molar-refractivity contribution in [3.05, 3.63) is 51.8 Å². The summed E-state index contributed by atoms with van der Waals surface area (Å²) < 4.78 is 1.87. The molecule has 1 amide bonds. The second-order valence-corrected chi connectivity index (χ2v) is 7.70. The lowest BCUT2D eigenvalue weighted by Crippen LogP contribution is -2.27. The number of benzene rings is 1. The summed E-state index contributed by atoms with van der Waals surface area (Å²) in [6, 6.07) is 9.38. The normalized spacial score (nSPS) is 12.2. The zero-order valence-corrected chi connectivity index (χ0v) is 16.2. The lowest BCUT2D eigenvalue weighted by atomic mass is 9.99. The maximum absolute atomic E-state index is 12.2. The van der Waals surface area contributed by atoms with Gasteiger partial charge in [-0.25, -0.2) is 0 Å². The van der Waals surface area contributed by atoms with Gasteiger partial charge in [-0.15, -0.1) is 11.3 Å². The molecule has 8 heteroatoms. The molecule has 0 aliphatic carbocycles. The summed E-state index contributed by atoms with van der Waals surface area (Å²) in [5.41, 5.74) is 0.966. The van der Waals surface area contributed by atoms with Gasteiger partial charge in [0.2, 0.25) is 5.91 Å². The van der Waals surface area contributed by atoms with Gasteiger partial charge >= 0.3 is 5.97 Å². The van der Waals surface area contributed by atoms with Crippen molar-refractivity contribution in [1.29, 1.82) is 0 Å². The maximum atomic E-state index is 12.2. The van der Waals surface area contributed by atoms with Gasteiger partial charge in [0, 0.05) is 40.7 Å². The van der Waals surface area contributed by atoms with Crippen molar-refractivity contribution >= 4 is 45.7 Å². The minimum Gasteiger partial charge on any atom is -0.481 e. The average Bonchev–Trinajstić information content (AvgIpc) is 3.28. The number of carbonyl (C=O) groups excluding carboxylic acids is 1. The minimum atomic E-state index is -0.898. The predicted octanol–water partition coefficient (Wildman–Crippen LogP) is 3.91. The van der Waals surface area contributed by atoms with Gasteiger partial charge in [-0.2, -0.15) is 5.10 Å². The number of nitrogens with one attached hydrogen (secondary N) is 1. The molecule has 0 saturated carbocycles. The molecule has 0 fully saturated rings. The molecule has 2 aromatic heterocycles. The van der Waals surface area contributed by atoms with Crippen LogP contribution in [0.25, 0.3) is 10.9 Å². The monoisotopic (exact) mass is 405 g/mol. The van der Waals surface area contributed by atoms with Gasteiger partial charge in [0.25, 0.3) is 0 Å². The fraction of sp³-hybridized carbons (Fsp3) is 0.316. The number of rotatable bonds is 9. The number of halogens is 1. The van der Waals surface area contributed by atoms with Gasteiger partial charge < -0.3 is 10.4 Å². The molecule has 6 nitrogen and oxygen atoms in total. The third-order valence-electron chi connectivity index (χ3n) is 4.27. The number of aryl methyl sites for hydroxylation is 1. The van der Waals surface area contributed by atoms with Gasteiger partial charge in [0.15, 0.2) is 0 Å². The Bertz CT molecular complexity index is 924. The number of hydrogen-bond acceptors (Lipinski definition) is 4.